The lowest BCUT2D eigenvalue weighted by atomic mass is 9.99. The number of hydrogen-bond donors (Lipinski definition) is 4. The molecule has 0 aromatic carbocycles. The molecule has 0 amide bonds. The van der Waals surface area contributed by atoms with Crippen molar-refractivity contribution < 1.29 is 10.0 Å². The van der Waals surface area contributed by atoms with Crippen molar-refractivity contribution in [3.05, 3.63) is 0 Å². The molecule has 1 rings (SSSR count). The molecular formula is C7H16N3O+. The Bertz CT molecular complexity index is 149. The Labute approximate surface area is 66.5 Å². The molecule has 1 fully saturated rings. The van der Waals surface area contributed by atoms with E-state index in [9.17, 15) is 0 Å². The molecule has 0 aromatic rings. The number of aliphatic hydroxyl groups excluding tert-OH is 1. The molecule has 0 bridgehead atoms. The Kier molecular flexibility index (Phi) is 2.84. The number of nitrogens with one attached hydrogen (secondary N) is 2. The molecule has 2 unspecified atom stereocenters. The van der Waals surface area contributed by atoms with Crippen LogP contribution in [0.1, 0.15) is 12.8 Å². The Hall–Kier alpha value is -0.610. The van der Waals surface area contributed by atoms with Gasteiger partial charge in [0.1, 0.15) is 0 Å². The minimum atomic E-state index is 0.211. The van der Waals surface area contributed by atoms with Crippen molar-refractivity contribution in [3.63, 3.8) is 0 Å². The van der Waals surface area contributed by atoms with E-state index in [1.807, 2.05) is 0 Å². The third-order valence-corrected chi connectivity index (χ3v) is 2.27. The number of guanidine groups is 1. The maximum atomic E-state index is 8.87. The zero-order chi connectivity index (χ0) is 8.27. The van der Waals surface area contributed by atoms with E-state index in [1.165, 1.54) is 0 Å². The van der Waals surface area contributed by atoms with Gasteiger partial charge in [-0.15, -0.1) is 0 Å². The minimum Gasteiger partial charge on any atom is -0.396 e. The normalized spacial score (nSPS) is 31.7. The van der Waals surface area contributed by atoms with Crippen LogP contribution >= 0.6 is 0 Å². The third kappa shape index (κ3) is 2.17. The van der Waals surface area contributed by atoms with Crippen LogP contribution in [0.4, 0.5) is 0 Å². The molecule has 11 heavy (non-hydrogen) atoms. The van der Waals surface area contributed by atoms with Crippen LogP contribution in [0, 0.1) is 11.3 Å². The van der Waals surface area contributed by atoms with Gasteiger partial charge in [-0.25, -0.2) is 5.41 Å². The van der Waals surface area contributed by atoms with Crippen LogP contribution in [0.15, 0.2) is 0 Å². The SMILES string of the molecule is N=C(N)[NH+]1CCCC(CO)C1. The van der Waals surface area contributed by atoms with Crippen molar-refractivity contribution in [2.24, 2.45) is 11.7 Å². The number of aliphatic hydroxyl groups is 1. The molecule has 0 saturated carbocycles. The van der Waals surface area contributed by atoms with E-state index in [1.54, 1.807) is 0 Å². The molecular weight excluding hydrogens is 142 g/mol. The van der Waals surface area contributed by atoms with Gasteiger partial charge in [-0.05, 0) is 12.8 Å². The Balaban J connectivity index is 2.39. The number of piperidine rings is 1. The Morgan fingerprint density at radius 1 is 1.73 bits per heavy atom. The highest BCUT2D eigenvalue weighted by Gasteiger charge is 2.24. The first-order chi connectivity index (χ1) is 5.24. The lowest BCUT2D eigenvalue weighted by Gasteiger charge is -2.26. The Morgan fingerprint density at radius 3 is 3.00 bits per heavy atom. The molecule has 0 radical (unpaired) electrons. The second-order valence-corrected chi connectivity index (χ2v) is 3.16. The average molecular weight is 158 g/mol. The summed E-state index contributed by atoms with van der Waals surface area (Å²) in [6, 6.07) is 0. The molecule has 4 heteroatoms. The number of likely N-dealkylation sites (tertiary alicyclic amines) is 1. The van der Waals surface area contributed by atoms with E-state index in [2.05, 4.69) is 0 Å². The summed E-state index contributed by atoms with van der Waals surface area (Å²) in [6.07, 6.45) is 2.15. The lowest BCUT2D eigenvalue weighted by Crippen LogP contribution is -3.17. The number of nitrogens with two attached hydrogens (primary N) is 1. The topological polar surface area (TPSA) is 74.5 Å². The molecule has 64 valence electrons. The molecule has 5 N–H and O–H groups in total. The van der Waals surface area contributed by atoms with Gasteiger partial charge in [-0.1, -0.05) is 0 Å². The predicted octanol–water partition coefficient (Wildman–Crippen LogP) is -1.83. The van der Waals surface area contributed by atoms with Gasteiger partial charge in [0.15, 0.2) is 0 Å². The van der Waals surface area contributed by atoms with Crippen LogP contribution in [-0.2, 0) is 0 Å². The summed E-state index contributed by atoms with van der Waals surface area (Å²) in [5.74, 6) is 0.561. The first-order valence-corrected chi connectivity index (χ1v) is 4.04. The second-order valence-electron chi connectivity index (χ2n) is 3.16. The zero-order valence-electron chi connectivity index (χ0n) is 6.64. The summed E-state index contributed by atoms with van der Waals surface area (Å²) in [6.45, 7) is 2.01. The smallest absolute Gasteiger partial charge is 0.290 e. The summed E-state index contributed by atoms with van der Waals surface area (Å²) in [5.41, 5.74) is 5.35. The van der Waals surface area contributed by atoms with Crippen LogP contribution in [0.25, 0.3) is 0 Å². The maximum absolute atomic E-state index is 8.87. The summed E-state index contributed by atoms with van der Waals surface area (Å²) in [7, 11) is 0. The number of quaternary nitrogens is 1. The number of hydrogen-bond acceptors (Lipinski definition) is 2. The average Bonchev–Trinajstić information content (AvgIpc) is 2.05. The molecule has 1 aliphatic heterocycles. The fourth-order valence-electron chi connectivity index (χ4n) is 1.56. The van der Waals surface area contributed by atoms with E-state index in [4.69, 9.17) is 16.2 Å². The molecule has 0 aromatic heterocycles. The van der Waals surface area contributed by atoms with Gasteiger partial charge in [0.2, 0.25) is 0 Å². The fraction of sp³-hybridized carbons (Fsp3) is 0.857. The zero-order valence-corrected chi connectivity index (χ0v) is 6.64. The van der Waals surface area contributed by atoms with E-state index in [-0.39, 0.29) is 12.6 Å². The highest BCUT2D eigenvalue weighted by atomic mass is 16.3. The summed E-state index contributed by atoms with van der Waals surface area (Å²) in [5, 5.41) is 16.1. The van der Waals surface area contributed by atoms with E-state index in [0.29, 0.717) is 5.92 Å². The predicted molar refractivity (Wildman–Crippen MR) is 42.4 cm³/mol. The van der Waals surface area contributed by atoms with Gasteiger partial charge in [-0.3, -0.25) is 4.90 Å². The van der Waals surface area contributed by atoms with Gasteiger partial charge < -0.3 is 10.8 Å². The van der Waals surface area contributed by atoms with Crippen LogP contribution < -0.4 is 10.6 Å². The molecule has 1 aliphatic rings. The van der Waals surface area contributed by atoms with Crippen molar-refractivity contribution in [1.29, 1.82) is 5.41 Å². The summed E-state index contributed by atoms with van der Waals surface area (Å²) < 4.78 is 0. The van der Waals surface area contributed by atoms with Gasteiger partial charge in [0, 0.05) is 5.92 Å². The molecule has 4 nitrogen and oxygen atoms in total. The van der Waals surface area contributed by atoms with Crippen molar-refractivity contribution >= 4 is 5.96 Å². The molecule has 1 heterocycles. The van der Waals surface area contributed by atoms with Crippen molar-refractivity contribution in [2.45, 2.75) is 12.8 Å². The number of rotatable bonds is 1. The lowest BCUT2D eigenvalue weighted by molar-refractivity contribution is -0.818. The molecule has 0 aliphatic carbocycles. The van der Waals surface area contributed by atoms with Crippen molar-refractivity contribution in [1.82, 2.24) is 0 Å². The van der Waals surface area contributed by atoms with Gasteiger partial charge in [0.05, 0.1) is 19.7 Å². The standard InChI is InChI=1S/C7H15N3O/c8-7(9)10-3-1-2-6(4-10)5-11/h6,11H,1-5H2,(H3,8,9)/p+1. The first kappa shape index (κ1) is 8.49. The van der Waals surface area contributed by atoms with Gasteiger partial charge in [0.25, 0.3) is 5.96 Å². The van der Waals surface area contributed by atoms with Crippen molar-refractivity contribution in [2.75, 3.05) is 19.7 Å². The molecule has 1 saturated heterocycles. The molecule has 2 atom stereocenters. The quantitative estimate of drug-likeness (QED) is 0.267. The third-order valence-electron chi connectivity index (χ3n) is 2.27. The van der Waals surface area contributed by atoms with Gasteiger partial charge >= 0.3 is 0 Å². The fourth-order valence-corrected chi connectivity index (χ4v) is 1.56. The first-order valence-electron chi connectivity index (χ1n) is 4.04. The van der Waals surface area contributed by atoms with Crippen molar-refractivity contribution in [3.8, 4) is 0 Å². The van der Waals surface area contributed by atoms with E-state index in [0.717, 1.165) is 30.8 Å². The molecule has 0 spiro atoms. The monoisotopic (exact) mass is 158 g/mol. The summed E-state index contributed by atoms with van der Waals surface area (Å²) in [4.78, 5) is 1.02. The van der Waals surface area contributed by atoms with E-state index >= 15 is 0 Å². The van der Waals surface area contributed by atoms with Crippen LogP contribution in [0.2, 0.25) is 0 Å². The van der Waals surface area contributed by atoms with Crippen LogP contribution in [-0.4, -0.2) is 30.8 Å². The van der Waals surface area contributed by atoms with Crippen LogP contribution in [0.5, 0.6) is 0 Å². The minimum absolute atomic E-state index is 0.211. The highest BCUT2D eigenvalue weighted by Crippen LogP contribution is 2.04. The van der Waals surface area contributed by atoms with Crippen LogP contribution in [0.3, 0.4) is 0 Å². The summed E-state index contributed by atoms with van der Waals surface area (Å²) >= 11 is 0. The Morgan fingerprint density at radius 2 is 2.45 bits per heavy atom. The largest absolute Gasteiger partial charge is 0.396 e. The van der Waals surface area contributed by atoms with Gasteiger partial charge in [-0.2, -0.15) is 0 Å². The highest BCUT2D eigenvalue weighted by molar-refractivity contribution is 5.64. The second kappa shape index (κ2) is 3.69. The maximum Gasteiger partial charge on any atom is 0.290 e. The van der Waals surface area contributed by atoms with E-state index < -0.39 is 0 Å².